The van der Waals surface area contributed by atoms with Crippen molar-refractivity contribution >= 4 is 28.4 Å². The zero-order valence-corrected chi connectivity index (χ0v) is 20.7. The SMILES string of the molecule is C=C(C)COc1ccc(C2C3=C(CN(C(C)=O)C3=O)Nc3cccc4c3c2cn4CC(C)C)cc1. The number of benzene rings is 2. The number of ether oxygens (including phenoxy) is 1. The molecular weight excluding hydrogens is 438 g/mol. The Kier molecular flexibility index (Phi) is 5.75. The van der Waals surface area contributed by atoms with Crippen LogP contribution in [0.5, 0.6) is 5.75 Å². The summed E-state index contributed by atoms with van der Waals surface area (Å²) >= 11 is 0. The van der Waals surface area contributed by atoms with Crippen molar-refractivity contribution in [3.05, 3.63) is 83.2 Å². The molecule has 1 aromatic heterocycles. The molecule has 5 rings (SSSR count). The van der Waals surface area contributed by atoms with Crippen LogP contribution in [0.2, 0.25) is 0 Å². The third-order valence-corrected chi connectivity index (χ3v) is 6.58. The van der Waals surface area contributed by atoms with Gasteiger partial charge in [0.15, 0.2) is 0 Å². The van der Waals surface area contributed by atoms with Crippen LogP contribution in [0.3, 0.4) is 0 Å². The van der Waals surface area contributed by atoms with Crippen molar-refractivity contribution in [2.45, 2.75) is 40.2 Å². The van der Waals surface area contributed by atoms with Gasteiger partial charge in [-0.15, -0.1) is 0 Å². The van der Waals surface area contributed by atoms with Gasteiger partial charge in [-0.05, 0) is 53.8 Å². The van der Waals surface area contributed by atoms with E-state index in [1.54, 1.807) is 0 Å². The van der Waals surface area contributed by atoms with E-state index in [1.165, 1.54) is 11.8 Å². The van der Waals surface area contributed by atoms with Gasteiger partial charge < -0.3 is 14.6 Å². The highest BCUT2D eigenvalue weighted by Gasteiger charge is 2.41. The molecule has 1 N–H and O–H groups in total. The fraction of sp³-hybridized carbons (Fsp3) is 0.310. The maximum absolute atomic E-state index is 13.6. The molecule has 0 bridgehead atoms. The molecule has 3 aromatic rings. The molecule has 0 fully saturated rings. The number of nitrogens with zero attached hydrogens (tertiary/aromatic N) is 2. The number of amides is 2. The first-order valence-electron chi connectivity index (χ1n) is 12.1. The number of nitrogens with one attached hydrogen (secondary N) is 1. The molecule has 35 heavy (non-hydrogen) atoms. The minimum absolute atomic E-state index is 0.231. The van der Waals surface area contributed by atoms with Crippen molar-refractivity contribution in [1.82, 2.24) is 9.47 Å². The van der Waals surface area contributed by atoms with Crippen molar-refractivity contribution in [1.29, 1.82) is 0 Å². The minimum atomic E-state index is -0.302. The first-order chi connectivity index (χ1) is 16.7. The number of hydrogen-bond acceptors (Lipinski definition) is 4. The van der Waals surface area contributed by atoms with Crippen molar-refractivity contribution in [3.8, 4) is 5.75 Å². The molecule has 6 nitrogen and oxygen atoms in total. The predicted molar refractivity (Wildman–Crippen MR) is 138 cm³/mol. The summed E-state index contributed by atoms with van der Waals surface area (Å²) in [4.78, 5) is 27.2. The fourth-order valence-corrected chi connectivity index (χ4v) is 5.13. The second-order valence-electron chi connectivity index (χ2n) is 10.0. The molecule has 6 heteroatoms. The topological polar surface area (TPSA) is 63.6 Å². The van der Waals surface area contributed by atoms with Gasteiger partial charge in [-0.1, -0.05) is 38.6 Å². The molecule has 0 saturated carbocycles. The fourth-order valence-electron chi connectivity index (χ4n) is 5.13. The Balaban J connectivity index is 1.68. The summed E-state index contributed by atoms with van der Waals surface area (Å²) in [7, 11) is 0. The van der Waals surface area contributed by atoms with Crippen LogP contribution in [0.15, 0.2) is 72.1 Å². The first kappa shape index (κ1) is 23.0. The van der Waals surface area contributed by atoms with Crippen LogP contribution in [-0.4, -0.2) is 34.4 Å². The molecule has 1 atom stereocenters. The highest BCUT2D eigenvalue weighted by molar-refractivity contribution is 6.11. The van der Waals surface area contributed by atoms with Crippen molar-refractivity contribution in [2.24, 2.45) is 5.92 Å². The number of carbonyl (C=O) groups excluding carboxylic acids is 2. The van der Waals surface area contributed by atoms with E-state index in [4.69, 9.17) is 4.74 Å². The van der Waals surface area contributed by atoms with Crippen molar-refractivity contribution in [2.75, 3.05) is 18.5 Å². The molecule has 1 unspecified atom stereocenters. The Morgan fingerprint density at radius 3 is 2.57 bits per heavy atom. The lowest BCUT2D eigenvalue weighted by Crippen LogP contribution is -2.33. The first-order valence-corrected chi connectivity index (χ1v) is 12.1. The Labute approximate surface area is 205 Å². The number of imide groups is 1. The molecule has 0 aliphatic carbocycles. The van der Waals surface area contributed by atoms with Crippen LogP contribution in [0.4, 0.5) is 5.69 Å². The summed E-state index contributed by atoms with van der Waals surface area (Å²) in [5, 5.41) is 4.65. The van der Waals surface area contributed by atoms with Crippen molar-refractivity contribution < 1.29 is 14.3 Å². The summed E-state index contributed by atoms with van der Waals surface area (Å²) < 4.78 is 8.09. The lowest BCUT2D eigenvalue weighted by atomic mass is 9.84. The van der Waals surface area contributed by atoms with Gasteiger partial charge >= 0.3 is 0 Å². The van der Waals surface area contributed by atoms with Gasteiger partial charge in [0.25, 0.3) is 5.91 Å². The van der Waals surface area contributed by atoms with Crippen LogP contribution in [0.1, 0.15) is 44.7 Å². The molecule has 2 aromatic carbocycles. The third kappa shape index (κ3) is 4.03. The van der Waals surface area contributed by atoms with Gasteiger partial charge in [0.05, 0.1) is 17.6 Å². The van der Waals surface area contributed by atoms with Gasteiger partial charge in [-0.25, -0.2) is 0 Å². The van der Waals surface area contributed by atoms with E-state index in [2.05, 4.69) is 42.6 Å². The molecule has 2 aliphatic rings. The Bertz CT molecular complexity index is 1380. The van der Waals surface area contributed by atoms with Crippen LogP contribution < -0.4 is 10.1 Å². The summed E-state index contributed by atoms with van der Waals surface area (Å²) in [5.41, 5.74) is 6.54. The third-order valence-electron chi connectivity index (χ3n) is 6.58. The second kappa shape index (κ2) is 8.77. The van der Waals surface area contributed by atoms with E-state index < -0.39 is 0 Å². The van der Waals surface area contributed by atoms with Gasteiger partial charge in [-0.3, -0.25) is 14.5 Å². The molecule has 0 radical (unpaired) electrons. The van der Waals surface area contributed by atoms with Crippen LogP contribution in [0, 0.1) is 5.92 Å². The van der Waals surface area contributed by atoms with Gasteiger partial charge in [0, 0.05) is 42.4 Å². The predicted octanol–water partition coefficient (Wildman–Crippen LogP) is 5.45. The quantitative estimate of drug-likeness (QED) is 0.488. The van der Waals surface area contributed by atoms with E-state index in [0.29, 0.717) is 18.1 Å². The van der Waals surface area contributed by atoms with Crippen LogP contribution >= 0.6 is 0 Å². The lowest BCUT2D eigenvalue weighted by molar-refractivity contribution is -0.139. The standard InChI is InChI=1S/C29H31N3O3/c1-17(2)13-31-14-22-26(20-9-11-21(12-10-20)35-16-18(3)4)28-24(15-32(19(5)33)29(28)34)30-23-7-6-8-25(31)27(22)23/h6-12,14,17,26,30H,3,13,15-16H2,1-2,4-5H3. The Morgan fingerprint density at radius 1 is 1.17 bits per heavy atom. The highest BCUT2D eigenvalue weighted by Crippen LogP contribution is 2.46. The van der Waals surface area contributed by atoms with E-state index in [9.17, 15) is 9.59 Å². The normalized spacial score (nSPS) is 17.0. The number of anilines is 1. The van der Waals surface area contributed by atoms with E-state index >= 15 is 0 Å². The number of rotatable bonds is 6. The van der Waals surface area contributed by atoms with Gasteiger partial charge in [0.2, 0.25) is 5.91 Å². The lowest BCUT2D eigenvalue weighted by Gasteiger charge is -2.20. The maximum Gasteiger partial charge on any atom is 0.259 e. The maximum atomic E-state index is 13.6. The zero-order valence-electron chi connectivity index (χ0n) is 20.7. The van der Waals surface area contributed by atoms with Crippen molar-refractivity contribution in [3.63, 3.8) is 0 Å². The zero-order chi connectivity index (χ0) is 24.9. The molecule has 2 aliphatic heterocycles. The smallest absolute Gasteiger partial charge is 0.259 e. The van der Waals surface area contributed by atoms with Crippen LogP contribution in [-0.2, 0) is 16.1 Å². The molecule has 3 heterocycles. The summed E-state index contributed by atoms with van der Waals surface area (Å²) in [6.45, 7) is 13.3. The van der Waals surface area contributed by atoms with Crippen LogP contribution in [0.25, 0.3) is 10.9 Å². The van der Waals surface area contributed by atoms with E-state index in [0.717, 1.165) is 51.3 Å². The van der Waals surface area contributed by atoms with Gasteiger partial charge in [-0.2, -0.15) is 0 Å². The number of carbonyl (C=O) groups is 2. The molecule has 180 valence electrons. The van der Waals surface area contributed by atoms with E-state index in [-0.39, 0.29) is 24.3 Å². The Hall–Kier alpha value is -3.80. The summed E-state index contributed by atoms with van der Waals surface area (Å²) in [6, 6.07) is 14.1. The molecular formula is C29H31N3O3. The molecule has 0 spiro atoms. The monoisotopic (exact) mass is 469 g/mol. The highest BCUT2D eigenvalue weighted by atomic mass is 16.5. The summed E-state index contributed by atoms with van der Waals surface area (Å²) in [6.07, 6.45) is 2.19. The molecule has 2 amide bonds. The number of aromatic nitrogens is 1. The number of hydrogen-bond donors (Lipinski definition) is 1. The second-order valence-corrected chi connectivity index (χ2v) is 10.0. The largest absolute Gasteiger partial charge is 0.489 e. The average molecular weight is 470 g/mol. The molecule has 0 saturated heterocycles. The average Bonchev–Trinajstić information content (AvgIpc) is 3.27. The van der Waals surface area contributed by atoms with Gasteiger partial charge in [0.1, 0.15) is 12.4 Å². The Morgan fingerprint density at radius 2 is 1.91 bits per heavy atom. The summed E-state index contributed by atoms with van der Waals surface area (Å²) in [5.74, 6) is 0.443. The van der Waals surface area contributed by atoms with E-state index in [1.807, 2.05) is 43.3 Å². The minimum Gasteiger partial charge on any atom is -0.489 e.